The molecule has 0 aromatic carbocycles. The van der Waals surface area contributed by atoms with E-state index < -0.39 is 22.0 Å². The number of ether oxygens (including phenoxy) is 1. The summed E-state index contributed by atoms with van der Waals surface area (Å²) >= 11 is 0. The van der Waals surface area contributed by atoms with Gasteiger partial charge in [0.15, 0.2) is 5.03 Å². The van der Waals surface area contributed by atoms with Crippen LogP contribution in [0.2, 0.25) is 0 Å². The van der Waals surface area contributed by atoms with Crippen LogP contribution in [0.3, 0.4) is 0 Å². The number of imidazole rings is 1. The molecule has 1 aromatic heterocycles. The minimum atomic E-state index is -3.80. The van der Waals surface area contributed by atoms with Gasteiger partial charge in [-0.05, 0) is 5.92 Å². The predicted molar refractivity (Wildman–Crippen MR) is 64.2 cm³/mol. The molecule has 0 aliphatic heterocycles. The van der Waals surface area contributed by atoms with Gasteiger partial charge >= 0.3 is 5.97 Å². The number of hydrogen-bond donors (Lipinski definition) is 2. The first-order valence-electron chi connectivity index (χ1n) is 5.51. The number of H-pyrrole nitrogens is 1. The van der Waals surface area contributed by atoms with Crippen LogP contribution >= 0.6 is 0 Å². The van der Waals surface area contributed by atoms with Gasteiger partial charge in [0.1, 0.15) is 6.04 Å². The molecule has 2 atom stereocenters. The van der Waals surface area contributed by atoms with Gasteiger partial charge in [-0.2, -0.15) is 4.72 Å². The number of nitrogens with one attached hydrogen (secondary N) is 2. The number of carbonyl (C=O) groups is 1. The molecule has 0 aliphatic carbocycles. The number of aromatic amines is 1. The minimum Gasteiger partial charge on any atom is -0.468 e. The summed E-state index contributed by atoms with van der Waals surface area (Å²) in [5.74, 6) is -0.775. The van der Waals surface area contributed by atoms with E-state index in [4.69, 9.17) is 0 Å². The Morgan fingerprint density at radius 2 is 2.28 bits per heavy atom. The Kier molecular flexibility index (Phi) is 4.85. The summed E-state index contributed by atoms with van der Waals surface area (Å²) in [6.45, 7) is 3.64. The number of methoxy groups -OCH3 is 1. The van der Waals surface area contributed by atoms with Gasteiger partial charge in [-0.15, -0.1) is 0 Å². The van der Waals surface area contributed by atoms with Crippen molar-refractivity contribution < 1.29 is 17.9 Å². The second-order valence-electron chi connectivity index (χ2n) is 3.92. The van der Waals surface area contributed by atoms with Crippen LogP contribution in [0.25, 0.3) is 0 Å². The topological polar surface area (TPSA) is 101 Å². The summed E-state index contributed by atoms with van der Waals surface area (Å²) in [6, 6.07) is -0.909. The molecule has 0 bridgehead atoms. The molecule has 0 amide bonds. The number of sulfonamides is 1. The molecule has 2 unspecified atom stereocenters. The highest BCUT2D eigenvalue weighted by molar-refractivity contribution is 7.89. The van der Waals surface area contributed by atoms with Gasteiger partial charge in [-0.25, -0.2) is 13.4 Å². The van der Waals surface area contributed by atoms with Crippen molar-refractivity contribution in [3.8, 4) is 0 Å². The molecule has 1 aromatic rings. The van der Waals surface area contributed by atoms with Gasteiger partial charge < -0.3 is 9.72 Å². The van der Waals surface area contributed by atoms with Gasteiger partial charge in [0.2, 0.25) is 0 Å². The van der Waals surface area contributed by atoms with Crippen molar-refractivity contribution in [3.05, 3.63) is 12.5 Å². The third kappa shape index (κ3) is 3.30. The SMILES string of the molecule is CCC(C)C(NS(=O)(=O)c1cnc[nH]1)C(=O)OC. The maximum Gasteiger partial charge on any atom is 0.324 e. The summed E-state index contributed by atoms with van der Waals surface area (Å²) in [4.78, 5) is 17.7. The number of esters is 1. The van der Waals surface area contributed by atoms with Gasteiger partial charge in [0, 0.05) is 0 Å². The van der Waals surface area contributed by atoms with E-state index in [0.29, 0.717) is 6.42 Å². The van der Waals surface area contributed by atoms with E-state index in [-0.39, 0.29) is 10.9 Å². The van der Waals surface area contributed by atoms with E-state index in [2.05, 4.69) is 19.4 Å². The first kappa shape index (κ1) is 14.7. The Morgan fingerprint density at radius 1 is 1.61 bits per heavy atom. The lowest BCUT2D eigenvalue weighted by Gasteiger charge is -2.21. The highest BCUT2D eigenvalue weighted by atomic mass is 32.2. The van der Waals surface area contributed by atoms with Crippen LogP contribution in [0.5, 0.6) is 0 Å². The first-order chi connectivity index (χ1) is 8.42. The summed E-state index contributed by atoms with van der Waals surface area (Å²) < 4.78 is 30.8. The third-order valence-corrected chi connectivity index (χ3v) is 4.08. The quantitative estimate of drug-likeness (QED) is 0.726. The molecule has 0 aliphatic rings. The van der Waals surface area contributed by atoms with Crippen molar-refractivity contribution in [3.63, 3.8) is 0 Å². The Bertz CT molecular complexity index is 483. The Hall–Kier alpha value is -1.41. The maximum atomic E-state index is 12.0. The predicted octanol–water partition coefficient (Wildman–Crippen LogP) is 0.276. The molecule has 1 heterocycles. The van der Waals surface area contributed by atoms with E-state index >= 15 is 0 Å². The number of hydrogen-bond acceptors (Lipinski definition) is 5. The lowest BCUT2D eigenvalue weighted by Crippen LogP contribution is -2.45. The van der Waals surface area contributed by atoms with Crippen LogP contribution in [0, 0.1) is 5.92 Å². The van der Waals surface area contributed by atoms with Crippen molar-refractivity contribution in [2.75, 3.05) is 7.11 Å². The second kappa shape index (κ2) is 5.96. The monoisotopic (exact) mass is 275 g/mol. The highest BCUT2D eigenvalue weighted by Gasteiger charge is 2.30. The van der Waals surface area contributed by atoms with Gasteiger partial charge in [-0.1, -0.05) is 20.3 Å². The fourth-order valence-corrected chi connectivity index (χ4v) is 2.58. The highest BCUT2D eigenvalue weighted by Crippen LogP contribution is 2.13. The molecular formula is C10H17N3O4S. The lowest BCUT2D eigenvalue weighted by molar-refractivity contribution is -0.143. The molecule has 0 spiro atoms. The van der Waals surface area contributed by atoms with Crippen molar-refractivity contribution in [1.29, 1.82) is 0 Å². The first-order valence-corrected chi connectivity index (χ1v) is 6.99. The van der Waals surface area contributed by atoms with Crippen LogP contribution in [0.1, 0.15) is 20.3 Å². The van der Waals surface area contributed by atoms with Crippen molar-refractivity contribution >= 4 is 16.0 Å². The van der Waals surface area contributed by atoms with Crippen LogP contribution < -0.4 is 4.72 Å². The molecule has 7 nitrogen and oxygen atoms in total. The number of nitrogens with zero attached hydrogens (tertiary/aromatic N) is 1. The zero-order chi connectivity index (χ0) is 13.8. The van der Waals surface area contributed by atoms with Crippen LogP contribution in [0.4, 0.5) is 0 Å². The second-order valence-corrected chi connectivity index (χ2v) is 5.61. The molecule has 0 saturated carbocycles. The molecule has 102 valence electrons. The summed E-state index contributed by atoms with van der Waals surface area (Å²) in [6.07, 6.45) is 3.07. The maximum absolute atomic E-state index is 12.0. The third-order valence-electron chi connectivity index (χ3n) is 2.71. The molecule has 0 fully saturated rings. The Morgan fingerprint density at radius 3 is 2.72 bits per heavy atom. The van der Waals surface area contributed by atoms with E-state index in [1.807, 2.05) is 6.92 Å². The van der Waals surface area contributed by atoms with E-state index in [9.17, 15) is 13.2 Å². The smallest absolute Gasteiger partial charge is 0.324 e. The molecule has 1 rings (SSSR count). The largest absolute Gasteiger partial charge is 0.468 e. The number of carbonyl (C=O) groups excluding carboxylic acids is 1. The van der Waals surface area contributed by atoms with Crippen LogP contribution in [0.15, 0.2) is 17.6 Å². The fourth-order valence-electron chi connectivity index (χ4n) is 1.38. The normalized spacial score (nSPS) is 15.1. The summed E-state index contributed by atoms with van der Waals surface area (Å²) in [5, 5.41) is -0.0836. The van der Waals surface area contributed by atoms with Crippen LogP contribution in [-0.4, -0.2) is 37.5 Å². The average Bonchev–Trinajstić information content (AvgIpc) is 2.88. The number of rotatable bonds is 6. The van der Waals surface area contributed by atoms with Gasteiger partial charge in [0.05, 0.1) is 19.6 Å². The van der Waals surface area contributed by atoms with E-state index in [1.54, 1.807) is 6.92 Å². The van der Waals surface area contributed by atoms with Crippen molar-refractivity contribution in [2.45, 2.75) is 31.3 Å². The molecule has 18 heavy (non-hydrogen) atoms. The minimum absolute atomic E-state index is 0.0836. The molecule has 0 saturated heterocycles. The van der Waals surface area contributed by atoms with Gasteiger partial charge in [-0.3, -0.25) is 4.79 Å². The lowest BCUT2D eigenvalue weighted by atomic mass is 10.0. The Balaban J connectivity index is 2.94. The molecule has 2 N–H and O–H groups in total. The van der Waals surface area contributed by atoms with Crippen molar-refractivity contribution in [2.24, 2.45) is 5.92 Å². The van der Waals surface area contributed by atoms with E-state index in [1.165, 1.54) is 19.6 Å². The summed E-state index contributed by atoms with van der Waals surface area (Å²) in [5.41, 5.74) is 0. The van der Waals surface area contributed by atoms with Gasteiger partial charge in [0.25, 0.3) is 10.0 Å². The van der Waals surface area contributed by atoms with Crippen LogP contribution in [-0.2, 0) is 19.6 Å². The van der Waals surface area contributed by atoms with E-state index in [0.717, 1.165) is 0 Å². The number of aromatic nitrogens is 2. The molecule has 0 radical (unpaired) electrons. The average molecular weight is 275 g/mol. The summed E-state index contributed by atoms with van der Waals surface area (Å²) in [7, 11) is -2.57. The Labute approximate surface area is 106 Å². The fraction of sp³-hybridized carbons (Fsp3) is 0.600. The zero-order valence-corrected chi connectivity index (χ0v) is 11.3. The van der Waals surface area contributed by atoms with Crippen molar-refractivity contribution in [1.82, 2.24) is 14.7 Å². The molecular weight excluding hydrogens is 258 g/mol. The standard InChI is InChI=1S/C10H17N3O4S/c1-4-7(2)9(10(14)17-3)13-18(15,16)8-5-11-6-12-8/h5-7,9,13H,4H2,1-3H3,(H,11,12). The zero-order valence-electron chi connectivity index (χ0n) is 10.5. The molecule has 8 heteroatoms.